The zero-order chi connectivity index (χ0) is 16.1. The minimum absolute atomic E-state index is 0.0146. The van der Waals surface area contributed by atoms with Gasteiger partial charge in [-0.2, -0.15) is 0 Å². The summed E-state index contributed by atoms with van der Waals surface area (Å²) in [6, 6.07) is 19.0. The quantitative estimate of drug-likeness (QED) is 0.658. The molecule has 5 heteroatoms. The molecule has 0 fully saturated rings. The van der Waals surface area contributed by atoms with Crippen LogP contribution in [0, 0.1) is 0 Å². The molecule has 2 N–H and O–H groups in total. The Balaban J connectivity index is 1.61. The van der Waals surface area contributed by atoms with Crippen LogP contribution in [0.2, 0.25) is 5.02 Å². The molecule has 0 bridgehead atoms. The smallest absolute Gasteiger partial charge is 0.229 e. The Hall–Kier alpha value is -2.30. The highest BCUT2D eigenvalue weighted by Crippen LogP contribution is 2.25. The number of carbonyl (C=O) groups is 1. The minimum Gasteiger partial charge on any atom is -0.354 e. The largest absolute Gasteiger partial charge is 0.354 e. The maximum atomic E-state index is 12.0. The Morgan fingerprint density at radius 2 is 1.70 bits per heavy atom. The number of para-hydroxylation sites is 1. The van der Waals surface area contributed by atoms with Crippen molar-refractivity contribution in [3.05, 3.63) is 75.9 Å². The summed E-state index contributed by atoms with van der Waals surface area (Å²) < 4.78 is 0. The Bertz CT molecular complexity index is 785. The average Bonchev–Trinajstić information content (AvgIpc) is 3.04. The molecule has 0 aliphatic carbocycles. The van der Waals surface area contributed by atoms with Gasteiger partial charge in [0.05, 0.1) is 17.1 Å². The first-order chi connectivity index (χ1) is 11.2. The third-order valence-electron chi connectivity index (χ3n) is 3.24. The zero-order valence-corrected chi connectivity index (χ0v) is 13.8. The predicted octanol–water partition coefficient (Wildman–Crippen LogP) is 5.33. The van der Waals surface area contributed by atoms with Crippen LogP contribution in [-0.2, 0) is 11.2 Å². The van der Waals surface area contributed by atoms with Crippen LogP contribution in [0.1, 0.15) is 4.88 Å². The topological polar surface area (TPSA) is 41.1 Å². The lowest BCUT2D eigenvalue weighted by Crippen LogP contribution is -2.13. The Morgan fingerprint density at radius 1 is 0.957 bits per heavy atom. The van der Waals surface area contributed by atoms with Crippen molar-refractivity contribution in [2.24, 2.45) is 0 Å². The van der Waals surface area contributed by atoms with E-state index in [1.54, 1.807) is 11.3 Å². The highest BCUT2D eigenvalue weighted by molar-refractivity contribution is 7.10. The van der Waals surface area contributed by atoms with Gasteiger partial charge in [-0.25, -0.2) is 0 Å². The maximum Gasteiger partial charge on any atom is 0.229 e. The molecule has 0 aliphatic rings. The highest BCUT2D eigenvalue weighted by Gasteiger charge is 2.05. The molecule has 23 heavy (non-hydrogen) atoms. The van der Waals surface area contributed by atoms with Crippen molar-refractivity contribution in [2.45, 2.75) is 6.42 Å². The van der Waals surface area contributed by atoms with Crippen molar-refractivity contribution in [1.82, 2.24) is 0 Å². The second kappa shape index (κ2) is 7.31. The van der Waals surface area contributed by atoms with Gasteiger partial charge in [0.15, 0.2) is 0 Å². The molecule has 0 radical (unpaired) electrons. The van der Waals surface area contributed by atoms with E-state index in [1.165, 1.54) is 0 Å². The number of nitrogens with one attached hydrogen (secondary N) is 2. The average molecular weight is 343 g/mol. The normalized spacial score (nSPS) is 10.3. The van der Waals surface area contributed by atoms with E-state index in [0.29, 0.717) is 11.4 Å². The zero-order valence-electron chi connectivity index (χ0n) is 12.3. The van der Waals surface area contributed by atoms with E-state index in [9.17, 15) is 4.79 Å². The summed E-state index contributed by atoms with van der Waals surface area (Å²) in [4.78, 5) is 13.0. The summed E-state index contributed by atoms with van der Waals surface area (Å²) in [6.07, 6.45) is 0.400. The SMILES string of the molecule is O=C(Cc1cccs1)Nc1ccc(Nc2ccccc2Cl)cc1. The van der Waals surface area contributed by atoms with Gasteiger partial charge < -0.3 is 10.6 Å². The predicted molar refractivity (Wildman–Crippen MR) is 97.8 cm³/mol. The highest BCUT2D eigenvalue weighted by atomic mass is 35.5. The summed E-state index contributed by atoms with van der Waals surface area (Å²) in [5.74, 6) is -0.0146. The van der Waals surface area contributed by atoms with Crippen LogP contribution < -0.4 is 10.6 Å². The van der Waals surface area contributed by atoms with E-state index in [-0.39, 0.29) is 5.91 Å². The standard InChI is InChI=1S/C18H15ClN2OS/c19-16-5-1-2-6-17(16)20-13-7-9-14(10-8-13)21-18(22)12-15-4-3-11-23-15/h1-11,20H,12H2,(H,21,22). The van der Waals surface area contributed by atoms with E-state index in [0.717, 1.165) is 21.9 Å². The molecule has 2 aromatic carbocycles. The van der Waals surface area contributed by atoms with Crippen LogP contribution in [-0.4, -0.2) is 5.91 Å². The maximum absolute atomic E-state index is 12.0. The first-order valence-corrected chi connectivity index (χ1v) is 8.40. The second-order valence-electron chi connectivity index (χ2n) is 4.99. The molecule has 0 spiro atoms. The molecule has 1 heterocycles. The molecule has 0 unspecified atom stereocenters. The molecular weight excluding hydrogens is 328 g/mol. The van der Waals surface area contributed by atoms with Crippen LogP contribution >= 0.6 is 22.9 Å². The molecular formula is C18H15ClN2OS. The first kappa shape index (κ1) is 15.6. The van der Waals surface area contributed by atoms with Crippen LogP contribution in [0.3, 0.4) is 0 Å². The van der Waals surface area contributed by atoms with Crippen LogP contribution in [0.4, 0.5) is 17.1 Å². The number of halogens is 1. The molecule has 116 valence electrons. The van der Waals surface area contributed by atoms with E-state index in [4.69, 9.17) is 11.6 Å². The summed E-state index contributed by atoms with van der Waals surface area (Å²) in [6.45, 7) is 0. The van der Waals surface area contributed by atoms with Gasteiger partial charge in [-0.3, -0.25) is 4.79 Å². The van der Waals surface area contributed by atoms with Crippen LogP contribution in [0.25, 0.3) is 0 Å². The fourth-order valence-corrected chi connectivity index (χ4v) is 3.02. The monoisotopic (exact) mass is 342 g/mol. The molecule has 1 amide bonds. The number of carbonyl (C=O) groups excluding carboxylic acids is 1. The molecule has 0 saturated heterocycles. The lowest BCUT2D eigenvalue weighted by molar-refractivity contribution is -0.115. The van der Waals surface area contributed by atoms with Gasteiger partial charge in [-0.15, -0.1) is 11.3 Å². The van der Waals surface area contributed by atoms with Crippen molar-refractivity contribution in [2.75, 3.05) is 10.6 Å². The third kappa shape index (κ3) is 4.34. The van der Waals surface area contributed by atoms with Gasteiger partial charge in [0.1, 0.15) is 0 Å². The van der Waals surface area contributed by atoms with Crippen LogP contribution in [0.5, 0.6) is 0 Å². The van der Waals surface area contributed by atoms with E-state index < -0.39 is 0 Å². The molecule has 0 aliphatic heterocycles. The lowest BCUT2D eigenvalue weighted by atomic mass is 10.2. The minimum atomic E-state index is -0.0146. The molecule has 3 rings (SSSR count). The second-order valence-corrected chi connectivity index (χ2v) is 6.43. The summed E-state index contributed by atoms with van der Waals surface area (Å²) >= 11 is 7.71. The van der Waals surface area contributed by atoms with Crippen molar-refractivity contribution in [3.63, 3.8) is 0 Å². The lowest BCUT2D eigenvalue weighted by Gasteiger charge is -2.09. The number of amides is 1. The Kier molecular flexibility index (Phi) is 4.95. The number of rotatable bonds is 5. The number of anilines is 3. The van der Waals surface area contributed by atoms with Crippen molar-refractivity contribution < 1.29 is 4.79 Å². The number of thiophene rings is 1. The molecule has 3 nitrogen and oxygen atoms in total. The Morgan fingerprint density at radius 3 is 2.39 bits per heavy atom. The van der Waals surface area contributed by atoms with Crippen molar-refractivity contribution >= 4 is 45.9 Å². The molecule has 0 atom stereocenters. The Labute approximate surface area is 143 Å². The van der Waals surface area contributed by atoms with Crippen molar-refractivity contribution in [3.8, 4) is 0 Å². The van der Waals surface area contributed by atoms with E-state index >= 15 is 0 Å². The van der Waals surface area contributed by atoms with Gasteiger partial charge in [-0.05, 0) is 47.8 Å². The first-order valence-electron chi connectivity index (χ1n) is 7.14. The molecule has 3 aromatic rings. The van der Waals surface area contributed by atoms with Gasteiger partial charge in [0.2, 0.25) is 5.91 Å². The fraction of sp³-hybridized carbons (Fsp3) is 0.0556. The van der Waals surface area contributed by atoms with E-state index in [2.05, 4.69) is 10.6 Å². The van der Waals surface area contributed by atoms with Gasteiger partial charge in [0, 0.05) is 16.3 Å². The van der Waals surface area contributed by atoms with E-state index in [1.807, 2.05) is 66.0 Å². The van der Waals surface area contributed by atoms with Crippen LogP contribution in [0.15, 0.2) is 66.0 Å². The van der Waals surface area contributed by atoms with Gasteiger partial charge in [-0.1, -0.05) is 29.8 Å². The number of hydrogen-bond acceptors (Lipinski definition) is 3. The summed E-state index contributed by atoms with van der Waals surface area (Å²) in [5, 5.41) is 8.78. The third-order valence-corrected chi connectivity index (χ3v) is 4.44. The molecule has 1 aromatic heterocycles. The van der Waals surface area contributed by atoms with Gasteiger partial charge in [0.25, 0.3) is 0 Å². The van der Waals surface area contributed by atoms with Crippen molar-refractivity contribution in [1.29, 1.82) is 0 Å². The fourth-order valence-electron chi connectivity index (χ4n) is 2.13. The van der Waals surface area contributed by atoms with Gasteiger partial charge >= 0.3 is 0 Å². The molecule has 0 saturated carbocycles. The number of benzene rings is 2. The number of hydrogen-bond donors (Lipinski definition) is 2. The summed E-state index contributed by atoms with van der Waals surface area (Å²) in [5.41, 5.74) is 2.54. The summed E-state index contributed by atoms with van der Waals surface area (Å²) in [7, 11) is 0.